The second-order valence-electron chi connectivity index (χ2n) is 4.88. The first kappa shape index (κ1) is 12.9. The summed E-state index contributed by atoms with van der Waals surface area (Å²) < 4.78 is 5.38. The Kier molecular flexibility index (Phi) is 3.55. The molecular weight excluding hydrogens is 228 g/mol. The molecule has 2 unspecified atom stereocenters. The number of benzene rings is 1. The molecule has 1 saturated heterocycles. The first-order chi connectivity index (χ1) is 8.55. The lowest BCUT2D eigenvalue weighted by atomic mass is 9.96. The number of aryl methyl sites for hydroxylation is 1. The molecule has 0 radical (unpaired) electrons. The van der Waals surface area contributed by atoms with Gasteiger partial charge in [0.2, 0.25) is 0 Å². The molecule has 2 N–H and O–H groups in total. The number of hydrogen-bond acceptors (Lipinski definition) is 4. The zero-order valence-corrected chi connectivity index (χ0v) is 10.7. The standard InChI is InChI=1S/C14H18N2O2/c1-10-3-4-12(8-15)13(7-10)16-9-14(17)5-6-18-11(14)2/h3-4,7,11,16-17H,5-6,9H2,1-2H3. The van der Waals surface area contributed by atoms with Crippen LogP contribution in [0.5, 0.6) is 0 Å². The van der Waals surface area contributed by atoms with Crippen LogP contribution in [0.4, 0.5) is 5.69 Å². The van der Waals surface area contributed by atoms with E-state index in [1.54, 1.807) is 6.07 Å². The molecule has 1 aliphatic rings. The Morgan fingerprint density at radius 2 is 2.39 bits per heavy atom. The van der Waals surface area contributed by atoms with Crippen molar-refractivity contribution in [3.05, 3.63) is 29.3 Å². The third-order valence-corrected chi connectivity index (χ3v) is 3.54. The summed E-state index contributed by atoms with van der Waals surface area (Å²) in [6.07, 6.45) is 0.440. The highest BCUT2D eigenvalue weighted by Gasteiger charge is 2.39. The van der Waals surface area contributed by atoms with Crippen LogP contribution in [0.2, 0.25) is 0 Å². The number of nitriles is 1. The highest BCUT2D eigenvalue weighted by Crippen LogP contribution is 2.27. The average Bonchev–Trinajstić information content (AvgIpc) is 2.68. The van der Waals surface area contributed by atoms with Gasteiger partial charge in [0.15, 0.2) is 0 Å². The zero-order valence-electron chi connectivity index (χ0n) is 10.7. The van der Waals surface area contributed by atoms with Crippen LogP contribution in [0.15, 0.2) is 18.2 Å². The number of hydrogen-bond donors (Lipinski definition) is 2. The summed E-state index contributed by atoms with van der Waals surface area (Å²) in [5.74, 6) is 0. The van der Waals surface area contributed by atoms with Crippen LogP contribution in [0.3, 0.4) is 0 Å². The summed E-state index contributed by atoms with van der Waals surface area (Å²) >= 11 is 0. The van der Waals surface area contributed by atoms with E-state index in [1.165, 1.54) is 0 Å². The second-order valence-corrected chi connectivity index (χ2v) is 4.88. The Morgan fingerprint density at radius 3 is 3.00 bits per heavy atom. The monoisotopic (exact) mass is 246 g/mol. The zero-order chi connectivity index (χ0) is 13.2. The van der Waals surface area contributed by atoms with Gasteiger partial charge in [0.1, 0.15) is 11.7 Å². The lowest BCUT2D eigenvalue weighted by Crippen LogP contribution is -2.43. The Bertz CT molecular complexity index is 481. The van der Waals surface area contributed by atoms with Gasteiger partial charge in [-0.25, -0.2) is 0 Å². The molecule has 0 saturated carbocycles. The van der Waals surface area contributed by atoms with Gasteiger partial charge < -0.3 is 15.2 Å². The number of nitrogens with zero attached hydrogens (tertiary/aromatic N) is 1. The van der Waals surface area contributed by atoms with E-state index >= 15 is 0 Å². The molecule has 0 aromatic heterocycles. The molecule has 1 fully saturated rings. The largest absolute Gasteiger partial charge is 0.385 e. The average molecular weight is 246 g/mol. The fraction of sp³-hybridized carbons (Fsp3) is 0.500. The van der Waals surface area contributed by atoms with Crippen LogP contribution in [0.1, 0.15) is 24.5 Å². The fourth-order valence-electron chi connectivity index (χ4n) is 2.15. The molecule has 2 rings (SSSR count). The smallest absolute Gasteiger partial charge is 0.110 e. The van der Waals surface area contributed by atoms with E-state index in [1.807, 2.05) is 26.0 Å². The maximum atomic E-state index is 10.4. The minimum absolute atomic E-state index is 0.180. The predicted octanol–water partition coefficient (Wildman–Crippen LogP) is 1.82. The Balaban J connectivity index is 2.11. The van der Waals surface area contributed by atoms with Gasteiger partial charge in [-0.2, -0.15) is 5.26 Å². The molecule has 0 spiro atoms. The third kappa shape index (κ3) is 2.47. The number of aliphatic hydroxyl groups is 1. The Morgan fingerprint density at radius 1 is 1.61 bits per heavy atom. The van der Waals surface area contributed by atoms with Gasteiger partial charge in [-0.3, -0.25) is 0 Å². The summed E-state index contributed by atoms with van der Waals surface area (Å²) in [4.78, 5) is 0. The molecule has 4 nitrogen and oxygen atoms in total. The predicted molar refractivity (Wildman–Crippen MR) is 69.4 cm³/mol. The van der Waals surface area contributed by atoms with Crippen molar-refractivity contribution in [2.24, 2.45) is 0 Å². The molecule has 1 heterocycles. The molecular formula is C14H18N2O2. The van der Waals surface area contributed by atoms with Crippen LogP contribution in [0.25, 0.3) is 0 Å². The second kappa shape index (κ2) is 4.97. The van der Waals surface area contributed by atoms with Crippen molar-refractivity contribution < 1.29 is 9.84 Å². The lowest BCUT2D eigenvalue weighted by molar-refractivity contribution is -0.0175. The van der Waals surface area contributed by atoms with E-state index in [0.717, 1.165) is 11.3 Å². The molecule has 18 heavy (non-hydrogen) atoms. The summed E-state index contributed by atoms with van der Waals surface area (Å²) in [7, 11) is 0. The highest BCUT2D eigenvalue weighted by atomic mass is 16.5. The van der Waals surface area contributed by atoms with E-state index in [-0.39, 0.29) is 6.10 Å². The quantitative estimate of drug-likeness (QED) is 0.853. The first-order valence-corrected chi connectivity index (χ1v) is 6.14. The van der Waals surface area contributed by atoms with Gasteiger partial charge in [-0.1, -0.05) is 6.07 Å². The van der Waals surface area contributed by atoms with Crippen molar-refractivity contribution in [1.29, 1.82) is 5.26 Å². The summed E-state index contributed by atoms with van der Waals surface area (Å²) in [5, 5.41) is 22.6. The van der Waals surface area contributed by atoms with Gasteiger partial charge in [0.05, 0.1) is 17.4 Å². The number of ether oxygens (including phenoxy) is 1. The Labute approximate surface area is 107 Å². The van der Waals surface area contributed by atoms with Crippen molar-refractivity contribution in [1.82, 2.24) is 0 Å². The van der Waals surface area contributed by atoms with Crippen LogP contribution in [0, 0.1) is 18.3 Å². The number of rotatable bonds is 3. The van der Waals surface area contributed by atoms with Gasteiger partial charge in [-0.15, -0.1) is 0 Å². The Hall–Kier alpha value is -1.57. The number of anilines is 1. The maximum Gasteiger partial charge on any atom is 0.110 e. The van der Waals surface area contributed by atoms with Crippen molar-refractivity contribution in [2.75, 3.05) is 18.5 Å². The molecule has 0 amide bonds. The molecule has 2 atom stereocenters. The normalized spacial score (nSPS) is 26.9. The molecule has 96 valence electrons. The summed E-state index contributed by atoms with van der Waals surface area (Å²) in [6, 6.07) is 7.76. The molecule has 4 heteroatoms. The van der Waals surface area contributed by atoms with Gasteiger partial charge in [0.25, 0.3) is 0 Å². The molecule has 1 aliphatic heterocycles. The van der Waals surface area contributed by atoms with Crippen LogP contribution in [-0.2, 0) is 4.74 Å². The van der Waals surface area contributed by atoms with Crippen molar-refractivity contribution in [3.63, 3.8) is 0 Å². The van der Waals surface area contributed by atoms with Crippen molar-refractivity contribution in [3.8, 4) is 6.07 Å². The third-order valence-electron chi connectivity index (χ3n) is 3.54. The van der Waals surface area contributed by atoms with Gasteiger partial charge >= 0.3 is 0 Å². The topological polar surface area (TPSA) is 65.3 Å². The highest BCUT2D eigenvalue weighted by molar-refractivity contribution is 5.59. The molecule has 1 aromatic rings. The van der Waals surface area contributed by atoms with E-state index in [9.17, 15) is 5.11 Å². The van der Waals surface area contributed by atoms with Gasteiger partial charge in [0, 0.05) is 19.6 Å². The van der Waals surface area contributed by atoms with E-state index in [4.69, 9.17) is 10.00 Å². The lowest BCUT2D eigenvalue weighted by Gasteiger charge is -2.27. The fourth-order valence-corrected chi connectivity index (χ4v) is 2.15. The van der Waals surface area contributed by atoms with E-state index < -0.39 is 5.60 Å². The van der Waals surface area contributed by atoms with Crippen LogP contribution >= 0.6 is 0 Å². The minimum Gasteiger partial charge on any atom is -0.385 e. The summed E-state index contributed by atoms with van der Waals surface area (Å²) in [5.41, 5.74) is 1.59. The maximum absolute atomic E-state index is 10.4. The summed E-state index contributed by atoms with van der Waals surface area (Å²) in [6.45, 7) is 4.82. The SMILES string of the molecule is Cc1ccc(C#N)c(NCC2(O)CCOC2C)c1. The van der Waals surface area contributed by atoms with Crippen molar-refractivity contribution in [2.45, 2.75) is 32.0 Å². The van der Waals surface area contributed by atoms with Gasteiger partial charge in [-0.05, 0) is 31.5 Å². The molecule has 0 bridgehead atoms. The van der Waals surface area contributed by atoms with E-state index in [0.29, 0.717) is 25.1 Å². The molecule has 0 aliphatic carbocycles. The van der Waals surface area contributed by atoms with Crippen LogP contribution in [-0.4, -0.2) is 30.0 Å². The molecule has 1 aromatic carbocycles. The van der Waals surface area contributed by atoms with E-state index in [2.05, 4.69) is 11.4 Å². The van der Waals surface area contributed by atoms with Crippen LogP contribution < -0.4 is 5.32 Å². The van der Waals surface area contributed by atoms with Crippen molar-refractivity contribution >= 4 is 5.69 Å². The number of nitrogens with one attached hydrogen (secondary N) is 1. The first-order valence-electron chi connectivity index (χ1n) is 6.14. The minimum atomic E-state index is -0.851.